The van der Waals surface area contributed by atoms with E-state index in [1.54, 1.807) is 13.4 Å². The maximum atomic E-state index is 5.91. The van der Waals surface area contributed by atoms with Gasteiger partial charge in [0.1, 0.15) is 18.0 Å². The van der Waals surface area contributed by atoms with Crippen LogP contribution in [0.4, 0.5) is 11.6 Å². The summed E-state index contributed by atoms with van der Waals surface area (Å²) < 4.78 is 7.38. The van der Waals surface area contributed by atoms with Gasteiger partial charge in [-0.2, -0.15) is 5.10 Å². The maximum Gasteiger partial charge on any atom is 0.134 e. The van der Waals surface area contributed by atoms with Crippen molar-refractivity contribution >= 4 is 11.6 Å². The average Bonchev–Trinajstić information content (AvgIpc) is 3.18. The molecule has 8 nitrogen and oxygen atoms in total. The van der Waals surface area contributed by atoms with Gasteiger partial charge in [-0.3, -0.25) is 4.68 Å². The van der Waals surface area contributed by atoms with Crippen LogP contribution in [0.2, 0.25) is 0 Å². The third kappa shape index (κ3) is 4.08. The molecule has 2 aromatic rings. The van der Waals surface area contributed by atoms with Gasteiger partial charge in [-0.25, -0.2) is 9.97 Å². The molecule has 3 rings (SSSR count). The molecule has 136 valence electrons. The minimum Gasteiger partial charge on any atom is -0.380 e. The van der Waals surface area contributed by atoms with Crippen molar-refractivity contribution < 1.29 is 4.74 Å². The van der Waals surface area contributed by atoms with Gasteiger partial charge in [0.25, 0.3) is 0 Å². The molecule has 3 heterocycles. The summed E-state index contributed by atoms with van der Waals surface area (Å²) in [6, 6.07) is 4.34. The fourth-order valence-electron chi connectivity index (χ4n) is 3.23. The van der Waals surface area contributed by atoms with Crippen LogP contribution < -0.4 is 16.0 Å². The van der Waals surface area contributed by atoms with Gasteiger partial charge in [-0.05, 0) is 19.4 Å². The van der Waals surface area contributed by atoms with Gasteiger partial charge in [0.05, 0.1) is 11.8 Å². The normalized spacial score (nSPS) is 20.2. The predicted molar refractivity (Wildman–Crippen MR) is 97.8 cm³/mol. The van der Waals surface area contributed by atoms with E-state index in [1.807, 2.05) is 17.8 Å². The number of hydrogen-bond donors (Lipinski definition) is 2. The molecule has 0 bridgehead atoms. The van der Waals surface area contributed by atoms with E-state index < -0.39 is 0 Å². The van der Waals surface area contributed by atoms with Crippen LogP contribution >= 0.6 is 0 Å². The monoisotopic (exact) mass is 345 g/mol. The standard InChI is InChI=1S/C17H27N7O/c1-12-6-13(22-23(12)2)4-5-19-16-8-17(21-11-20-16)24-10-15(25-3)7-14(24)9-18/h6,8,11,14-15H,4-5,7,9-10,18H2,1-3H3,(H,19,20,21)/t14-,15-/m0/s1. The Morgan fingerprint density at radius 2 is 2.20 bits per heavy atom. The van der Waals surface area contributed by atoms with Crippen molar-refractivity contribution in [2.45, 2.75) is 31.9 Å². The fourth-order valence-corrected chi connectivity index (χ4v) is 3.23. The van der Waals surface area contributed by atoms with Gasteiger partial charge in [-0.1, -0.05) is 0 Å². The maximum absolute atomic E-state index is 5.91. The first kappa shape index (κ1) is 17.6. The SMILES string of the molecule is CO[C@H]1C[C@@H](CN)N(c2cc(NCCc3cc(C)n(C)n3)ncn2)C1. The van der Waals surface area contributed by atoms with Crippen molar-refractivity contribution in [2.24, 2.45) is 12.8 Å². The molecule has 0 unspecified atom stereocenters. The van der Waals surface area contributed by atoms with Crippen molar-refractivity contribution in [3.63, 3.8) is 0 Å². The quantitative estimate of drug-likeness (QED) is 0.764. The van der Waals surface area contributed by atoms with Gasteiger partial charge < -0.3 is 20.7 Å². The number of nitrogens with zero attached hydrogens (tertiary/aromatic N) is 5. The van der Waals surface area contributed by atoms with Crippen LogP contribution in [0.25, 0.3) is 0 Å². The summed E-state index contributed by atoms with van der Waals surface area (Å²) in [5, 5.41) is 7.82. The lowest BCUT2D eigenvalue weighted by Crippen LogP contribution is -2.36. The molecule has 0 spiro atoms. The van der Waals surface area contributed by atoms with Crippen LogP contribution in [0.3, 0.4) is 0 Å². The van der Waals surface area contributed by atoms with Crippen molar-refractivity contribution in [3.8, 4) is 0 Å². The van der Waals surface area contributed by atoms with Gasteiger partial charge in [0.15, 0.2) is 0 Å². The molecular formula is C17H27N7O. The van der Waals surface area contributed by atoms with E-state index in [4.69, 9.17) is 10.5 Å². The van der Waals surface area contributed by atoms with Gasteiger partial charge in [0.2, 0.25) is 0 Å². The summed E-state index contributed by atoms with van der Waals surface area (Å²) in [4.78, 5) is 10.9. The van der Waals surface area contributed by atoms with E-state index in [0.29, 0.717) is 6.54 Å². The largest absolute Gasteiger partial charge is 0.380 e. The summed E-state index contributed by atoms with van der Waals surface area (Å²) in [5.41, 5.74) is 8.15. The molecule has 0 aliphatic carbocycles. The summed E-state index contributed by atoms with van der Waals surface area (Å²) in [6.07, 6.45) is 3.57. The number of ether oxygens (including phenoxy) is 1. The van der Waals surface area contributed by atoms with Gasteiger partial charge >= 0.3 is 0 Å². The van der Waals surface area contributed by atoms with Crippen molar-refractivity contribution in [3.05, 3.63) is 29.8 Å². The number of aromatic nitrogens is 4. The second-order valence-electron chi connectivity index (χ2n) is 6.47. The predicted octanol–water partition coefficient (Wildman–Crippen LogP) is 0.726. The molecule has 1 saturated heterocycles. The van der Waals surface area contributed by atoms with Crippen LogP contribution in [0, 0.1) is 6.92 Å². The lowest BCUT2D eigenvalue weighted by atomic mass is 10.2. The molecule has 1 aliphatic rings. The number of methoxy groups -OCH3 is 1. The van der Waals surface area contributed by atoms with Gasteiger partial charge in [-0.15, -0.1) is 0 Å². The molecule has 0 amide bonds. The Labute approximate surface area is 148 Å². The third-order valence-corrected chi connectivity index (χ3v) is 4.78. The van der Waals surface area contributed by atoms with Crippen LogP contribution in [0.15, 0.2) is 18.5 Å². The van der Waals surface area contributed by atoms with Crippen LogP contribution in [-0.2, 0) is 18.2 Å². The lowest BCUT2D eigenvalue weighted by molar-refractivity contribution is 0.118. The highest BCUT2D eigenvalue weighted by Gasteiger charge is 2.32. The second kappa shape index (κ2) is 7.79. The van der Waals surface area contributed by atoms with Crippen LogP contribution in [0.5, 0.6) is 0 Å². The number of anilines is 2. The summed E-state index contributed by atoms with van der Waals surface area (Å²) in [5.74, 6) is 1.70. The third-order valence-electron chi connectivity index (χ3n) is 4.78. The number of nitrogens with two attached hydrogens (primary N) is 1. The van der Waals surface area contributed by atoms with Crippen molar-refractivity contribution in [1.82, 2.24) is 19.7 Å². The highest BCUT2D eigenvalue weighted by molar-refractivity contribution is 5.50. The number of nitrogens with one attached hydrogen (secondary N) is 1. The zero-order valence-electron chi connectivity index (χ0n) is 15.1. The highest BCUT2D eigenvalue weighted by atomic mass is 16.5. The van der Waals surface area contributed by atoms with E-state index >= 15 is 0 Å². The first-order valence-electron chi connectivity index (χ1n) is 8.65. The lowest BCUT2D eigenvalue weighted by Gasteiger charge is -2.24. The highest BCUT2D eigenvalue weighted by Crippen LogP contribution is 2.25. The minimum absolute atomic E-state index is 0.201. The summed E-state index contributed by atoms with van der Waals surface area (Å²) in [7, 11) is 3.70. The Hall–Kier alpha value is -2.19. The van der Waals surface area contributed by atoms with Gasteiger partial charge in [0, 0.05) is 58.0 Å². The molecule has 1 aliphatic heterocycles. The Morgan fingerprint density at radius 1 is 1.36 bits per heavy atom. The van der Waals surface area contributed by atoms with Crippen molar-refractivity contribution in [2.75, 3.05) is 37.0 Å². The molecule has 0 radical (unpaired) electrons. The fraction of sp³-hybridized carbons (Fsp3) is 0.588. The molecule has 0 aromatic carbocycles. The Bertz CT molecular complexity index is 683. The first-order valence-corrected chi connectivity index (χ1v) is 8.65. The topological polar surface area (TPSA) is 94.1 Å². The van der Waals surface area contributed by atoms with E-state index in [9.17, 15) is 0 Å². The summed E-state index contributed by atoms with van der Waals surface area (Å²) >= 11 is 0. The zero-order valence-corrected chi connectivity index (χ0v) is 15.1. The van der Waals surface area contributed by atoms with E-state index in [0.717, 1.165) is 49.0 Å². The number of aryl methyl sites for hydroxylation is 2. The molecule has 1 fully saturated rings. The Balaban J connectivity index is 1.61. The summed E-state index contributed by atoms with van der Waals surface area (Å²) in [6.45, 7) is 4.22. The van der Waals surface area contributed by atoms with Crippen LogP contribution in [-0.4, -0.2) is 58.6 Å². The van der Waals surface area contributed by atoms with E-state index in [1.165, 1.54) is 0 Å². The zero-order chi connectivity index (χ0) is 17.8. The first-order chi connectivity index (χ1) is 12.1. The number of rotatable bonds is 7. The van der Waals surface area contributed by atoms with E-state index in [2.05, 4.69) is 38.3 Å². The molecule has 3 N–H and O–H groups in total. The molecule has 2 atom stereocenters. The second-order valence-corrected chi connectivity index (χ2v) is 6.47. The van der Waals surface area contributed by atoms with Crippen LogP contribution in [0.1, 0.15) is 17.8 Å². The van der Waals surface area contributed by atoms with E-state index in [-0.39, 0.29) is 12.1 Å². The molecular weight excluding hydrogens is 318 g/mol. The smallest absolute Gasteiger partial charge is 0.134 e. The number of hydrogen-bond acceptors (Lipinski definition) is 7. The average molecular weight is 345 g/mol. The molecule has 25 heavy (non-hydrogen) atoms. The van der Waals surface area contributed by atoms with Crippen molar-refractivity contribution in [1.29, 1.82) is 0 Å². The Kier molecular flexibility index (Phi) is 5.50. The Morgan fingerprint density at radius 3 is 2.88 bits per heavy atom. The minimum atomic E-state index is 0.201. The molecule has 0 saturated carbocycles. The molecule has 2 aromatic heterocycles. The molecule has 8 heteroatoms.